The first-order valence-corrected chi connectivity index (χ1v) is 7.71. The zero-order valence-electron chi connectivity index (χ0n) is 12.2. The van der Waals surface area contributed by atoms with Gasteiger partial charge in [-0.1, -0.05) is 24.6 Å². The van der Waals surface area contributed by atoms with Crippen LogP contribution < -0.4 is 4.74 Å². The molecule has 2 rings (SSSR count). The number of piperidine rings is 1. The fourth-order valence-corrected chi connectivity index (χ4v) is 2.64. The van der Waals surface area contributed by atoms with Crippen molar-refractivity contribution in [2.24, 2.45) is 0 Å². The van der Waals surface area contributed by atoms with E-state index in [1.807, 2.05) is 36.9 Å². The minimum atomic E-state index is -0.438. The van der Waals surface area contributed by atoms with Gasteiger partial charge in [0, 0.05) is 13.1 Å². The number of carbonyl (C=O) groups excluding carboxylic acids is 1. The Labute approximate surface area is 125 Å². The molecule has 4 heteroatoms. The van der Waals surface area contributed by atoms with E-state index < -0.39 is 6.10 Å². The van der Waals surface area contributed by atoms with Crippen LogP contribution in [0.2, 0.25) is 5.02 Å². The monoisotopic (exact) mass is 295 g/mol. The standard InChI is InChI=1S/C16H22ClNO2/c1-3-14(16(19)18-9-5-4-6-10-18)20-15-11-12(2)7-8-13(15)17/h7-8,11,14H,3-6,9-10H2,1-2H3. The van der Waals surface area contributed by atoms with Crippen molar-refractivity contribution >= 4 is 17.5 Å². The third kappa shape index (κ3) is 3.66. The van der Waals surface area contributed by atoms with Gasteiger partial charge >= 0.3 is 0 Å². The number of amides is 1. The number of aryl methyl sites for hydroxylation is 1. The lowest BCUT2D eigenvalue weighted by atomic mass is 10.1. The first-order chi connectivity index (χ1) is 9.61. The molecule has 0 radical (unpaired) electrons. The van der Waals surface area contributed by atoms with E-state index in [1.165, 1.54) is 6.42 Å². The molecule has 0 N–H and O–H groups in total. The lowest BCUT2D eigenvalue weighted by Gasteiger charge is -2.30. The first kappa shape index (κ1) is 15.2. The van der Waals surface area contributed by atoms with Crippen LogP contribution in [0.25, 0.3) is 0 Å². The van der Waals surface area contributed by atoms with Crippen LogP contribution in [-0.4, -0.2) is 30.0 Å². The molecule has 1 aromatic carbocycles. The van der Waals surface area contributed by atoms with Crippen LogP contribution in [-0.2, 0) is 4.79 Å². The highest BCUT2D eigenvalue weighted by Crippen LogP contribution is 2.27. The number of hydrogen-bond donors (Lipinski definition) is 0. The van der Waals surface area contributed by atoms with Crippen molar-refractivity contribution in [2.45, 2.75) is 45.6 Å². The highest BCUT2D eigenvalue weighted by molar-refractivity contribution is 6.32. The second-order valence-electron chi connectivity index (χ2n) is 5.33. The Hall–Kier alpha value is -1.22. The molecule has 1 atom stereocenters. The van der Waals surface area contributed by atoms with E-state index in [0.717, 1.165) is 31.5 Å². The molecule has 20 heavy (non-hydrogen) atoms. The number of halogens is 1. The molecule has 0 aromatic heterocycles. The first-order valence-electron chi connectivity index (χ1n) is 7.33. The van der Waals surface area contributed by atoms with Gasteiger partial charge in [0.1, 0.15) is 5.75 Å². The molecule has 1 fully saturated rings. The van der Waals surface area contributed by atoms with Crippen molar-refractivity contribution in [2.75, 3.05) is 13.1 Å². The molecule has 0 aliphatic carbocycles. The summed E-state index contributed by atoms with van der Waals surface area (Å²) in [6.07, 6.45) is 3.61. The topological polar surface area (TPSA) is 29.5 Å². The van der Waals surface area contributed by atoms with Gasteiger partial charge in [-0.25, -0.2) is 0 Å². The highest BCUT2D eigenvalue weighted by Gasteiger charge is 2.26. The van der Waals surface area contributed by atoms with E-state index in [4.69, 9.17) is 16.3 Å². The second kappa shape index (κ2) is 6.98. The van der Waals surface area contributed by atoms with Crippen molar-refractivity contribution in [1.29, 1.82) is 0 Å². The molecule has 1 aliphatic rings. The Balaban J connectivity index is 2.07. The molecule has 0 spiro atoms. The molecule has 0 bridgehead atoms. The number of benzene rings is 1. The van der Waals surface area contributed by atoms with E-state index in [-0.39, 0.29) is 5.91 Å². The van der Waals surface area contributed by atoms with E-state index in [2.05, 4.69) is 0 Å². The Morgan fingerprint density at radius 2 is 2.05 bits per heavy atom. The molecular weight excluding hydrogens is 274 g/mol. The second-order valence-corrected chi connectivity index (χ2v) is 5.74. The third-order valence-electron chi connectivity index (χ3n) is 3.67. The van der Waals surface area contributed by atoms with E-state index in [1.54, 1.807) is 0 Å². The summed E-state index contributed by atoms with van der Waals surface area (Å²) in [5.41, 5.74) is 1.07. The molecule has 1 heterocycles. The molecule has 1 unspecified atom stereocenters. The van der Waals surface area contributed by atoms with Crippen LogP contribution in [0.1, 0.15) is 38.2 Å². The van der Waals surface area contributed by atoms with Gasteiger partial charge in [-0.15, -0.1) is 0 Å². The quantitative estimate of drug-likeness (QED) is 0.845. The summed E-state index contributed by atoms with van der Waals surface area (Å²) >= 11 is 6.14. The maximum Gasteiger partial charge on any atom is 0.263 e. The summed E-state index contributed by atoms with van der Waals surface area (Å²) in [4.78, 5) is 14.4. The summed E-state index contributed by atoms with van der Waals surface area (Å²) in [5, 5.41) is 0.556. The van der Waals surface area contributed by atoms with Crippen LogP contribution >= 0.6 is 11.6 Å². The van der Waals surface area contributed by atoms with Crippen molar-refractivity contribution in [3.63, 3.8) is 0 Å². The summed E-state index contributed by atoms with van der Waals surface area (Å²) in [5.74, 6) is 0.689. The van der Waals surface area contributed by atoms with E-state index >= 15 is 0 Å². The smallest absolute Gasteiger partial charge is 0.263 e. The van der Waals surface area contributed by atoms with Crippen LogP contribution in [0.3, 0.4) is 0 Å². The average Bonchev–Trinajstić information content (AvgIpc) is 2.48. The van der Waals surface area contributed by atoms with Gasteiger partial charge < -0.3 is 9.64 Å². The fourth-order valence-electron chi connectivity index (χ4n) is 2.48. The normalized spacial score (nSPS) is 16.9. The molecular formula is C16H22ClNO2. The summed E-state index contributed by atoms with van der Waals surface area (Å²) in [7, 11) is 0. The predicted molar refractivity (Wildman–Crippen MR) is 81.3 cm³/mol. The maximum absolute atomic E-state index is 12.5. The SMILES string of the molecule is CCC(Oc1cc(C)ccc1Cl)C(=O)N1CCCCC1. The minimum Gasteiger partial charge on any atom is -0.479 e. The summed E-state index contributed by atoms with van der Waals surface area (Å²) in [6, 6.07) is 5.63. The largest absolute Gasteiger partial charge is 0.479 e. The van der Waals surface area contributed by atoms with Gasteiger partial charge in [0.05, 0.1) is 5.02 Å². The van der Waals surface area contributed by atoms with Gasteiger partial charge in [-0.2, -0.15) is 0 Å². The van der Waals surface area contributed by atoms with Gasteiger partial charge in [0.25, 0.3) is 5.91 Å². The molecule has 1 aromatic rings. The number of hydrogen-bond acceptors (Lipinski definition) is 2. The lowest BCUT2D eigenvalue weighted by molar-refractivity contribution is -0.139. The van der Waals surface area contributed by atoms with Crippen molar-refractivity contribution in [3.05, 3.63) is 28.8 Å². The highest BCUT2D eigenvalue weighted by atomic mass is 35.5. The Bertz CT molecular complexity index is 470. The number of nitrogens with zero attached hydrogens (tertiary/aromatic N) is 1. The molecule has 1 amide bonds. The Kier molecular flexibility index (Phi) is 5.30. The van der Waals surface area contributed by atoms with Crippen LogP contribution in [0.5, 0.6) is 5.75 Å². The maximum atomic E-state index is 12.5. The molecule has 0 saturated carbocycles. The van der Waals surface area contributed by atoms with Crippen LogP contribution in [0.4, 0.5) is 0 Å². The van der Waals surface area contributed by atoms with Gasteiger partial charge in [-0.3, -0.25) is 4.79 Å². The molecule has 110 valence electrons. The molecule has 1 saturated heterocycles. The van der Waals surface area contributed by atoms with Gasteiger partial charge in [0.2, 0.25) is 0 Å². The zero-order valence-corrected chi connectivity index (χ0v) is 12.9. The summed E-state index contributed by atoms with van der Waals surface area (Å²) in [6.45, 7) is 5.65. The number of rotatable bonds is 4. The van der Waals surface area contributed by atoms with Crippen molar-refractivity contribution < 1.29 is 9.53 Å². The van der Waals surface area contributed by atoms with Gasteiger partial charge in [0.15, 0.2) is 6.10 Å². The zero-order chi connectivity index (χ0) is 14.5. The van der Waals surface area contributed by atoms with Crippen molar-refractivity contribution in [1.82, 2.24) is 4.90 Å². The van der Waals surface area contributed by atoms with Crippen molar-refractivity contribution in [3.8, 4) is 5.75 Å². The molecule has 3 nitrogen and oxygen atoms in total. The van der Waals surface area contributed by atoms with E-state index in [9.17, 15) is 4.79 Å². The minimum absolute atomic E-state index is 0.0878. The number of likely N-dealkylation sites (tertiary alicyclic amines) is 1. The van der Waals surface area contributed by atoms with E-state index in [0.29, 0.717) is 17.2 Å². The third-order valence-corrected chi connectivity index (χ3v) is 3.98. The number of carbonyl (C=O) groups is 1. The molecule has 1 aliphatic heterocycles. The average molecular weight is 296 g/mol. The van der Waals surface area contributed by atoms with Crippen LogP contribution in [0.15, 0.2) is 18.2 Å². The lowest BCUT2D eigenvalue weighted by Crippen LogP contribution is -2.44. The predicted octanol–water partition coefficient (Wildman–Crippen LogP) is 3.82. The van der Waals surface area contributed by atoms with Gasteiger partial charge in [-0.05, 0) is 50.3 Å². The number of ether oxygens (including phenoxy) is 1. The van der Waals surface area contributed by atoms with Crippen LogP contribution in [0, 0.1) is 6.92 Å². The Morgan fingerprint density at radius 3 is 2.70 bits per heavy atom. The Morgan fingerprint density at radius 1 is 1.35 bits per heavy atom. The fraction of sp³-hybridized carbons (Fsp3) is 0.562. The summed E-state index contributed by atoms with van der Waals surface area (Å²) < 4.78 is 5.87.